The van der Waals surface area contributed by atoms with E-state index >= 15 is 0 Å². The third kappa shape index (κ3) is 3.38. The highest BCUT2D eigenvalue weighted by atomic mass is 16.1. The minimum atomic E-state index is -0.287. The number of carbonyl (C=O) groups is 1. The van der Waals surface area contributed by atoms with Gasteiger partial charge in [0.05, 0.1) is 6.04 Å². The van der Waals surface area contributed by atoms with Crippen LogP contribution in [0.1, 0.15) is 26.3 Å². The highest BCUT2D eigenvalue weighted by molar-refractivity contribution is 5.80. The van der Waals surface area contributed by atoms with Crippen LogP contribution in [-0.4, -0.2) is 16.5 Å². The number of rotatable bonds is 6. The predicted molar refractivity (Wildman–Crippen MR) is 64.8 cm³/mol. The summed E-state index contributed by atoms with van der Waals surface area (Å²) in [4.78, 5) is 11.2. The van der Waals surface area contributed by atoms with Gasteiger partial charge in [0.1, 0.15) is 0 Å². The number of nitrogens with two attached hydrogens (primary N) is 1. The van der Waals surface area contributed by atoms with E-state index in [9.17, 15) is 4.79 Å². The van der Waals surface area contributed by atoms with Crippen molar-refractivity contribution in [2.45, 2.75) is 39.9 Å². The molecule has 0 aliphatic rings. The molecule has 4 nitrogen and oxygen atoms in total. The molecule has 1 aromatic heterocycles. The summed E-state index contributed by atoms with van der Waals surface area (Å²) in [6.45, 7) is 7.71. The van der Waals surface area contributed by atoms with Gasteiger partial charge in [-0.15, -0.1) is 0 Å². The zero-order valence-electron chi connectivity index (χ0n) is 10.2. The maximum Gasteiger partial charge on any atom is 0.234 e. The summed E-state index contributed by atoms with van der Waals surface area (Å²) in [6.07, 6.45) is 4.11. The molecule has 1 atom stereocenters. The van der Waals surface area contributed by atoms with Crippen LogP contribution in [0.5, 0.6) is 0 Å². The summed E-state index contributed by atoms with van der Waals surface area (Å²) < 4.78 is 2.10. The highest BCUT2D eigenvalue weighted by Gasteiger charge is 2.18. The number of nitrogens with zero attached hydrogens (tertiary/aromatic N) is 1. The van der Waals surface area contributed by atoms with Crippen molar-refractivity contribution in [1.82, 2.24) is 9.88 Å². The predicted octanol–water partition coefficient (Wildman–Crippen LogP) is 1.11. The van der Waals surface area contributed by atoms with E-state index in [0.717, 1.165) is 6.54 Å². The van der Waals surface area contributed by atoms with Crippen LogP contribution < -0.4 is 11.1 Å². The van der Waals surface area contributed by atoms with Gasteiger partial charge in [0.2, 0.25) is 5.91 Å². The van der Waals surface area contributed by atoms with Gasteiger partial charge in [0, 0.05) is 25.5 Å². The number of primary amides is 1. The minimum absolute atomic E-state index is 0.214. The van der Waals surface area contributed by atoms with Crippen molar-refractivity contribution in [3.05, 3.63) is 24.0 Å². The fourth-order valence-corrected chi connectivity index (χ4v) is 1.68. The average Bonchev–Trinajstić information content (AvgIpc) is 2.65. The normalized spacial score (nSPS) is 13.0. The molecular weight excluding hydrogens is 202 g/mol. The SMILES string of the molecule is CCn1ccc(CNC(C(N)=O)C(C)C)c1. The van der Waals surface area contributed by atoms with Crippen molar-refractivity contribution >= 4 is 5.91 Å². The lowest BCUT2D eigenvalue weighted by atomic mass is 10.0. The third-order valence-corrected chi connectivity index (χ3v) is 2.68. The van der Waals surface area contributed by atoms with Crippen LogP contribution in [0.3, 0.4) is 0 Å². The van der Waals surface area contributed by atoms with Crippen molar-refractivity contribution in [2.75, 3.05) is 0 Å². The van der Waals surface area contributed by atoms with Crippen molar-refractivity contribution in [1.29, 1.82) is 0 Å². The molecule has 0 radical (unpaired) electrons. The Kier molecular flexibility index (Phi) is 4.55. The minimum Gasteiger partial charge on any atom is -0.368 e. The maximum atomic E-state index is 11.2. The summed E-state index contributed by atoms with van der Waals surface area (Å²) in [5.74, 6) is -0.0734. The van der Waals surface area contributed by atoms with Gasteiger partial charge < -0.3 is 15.6 Å². The molecule has 1 heterocycles. The summed E-state index contributed by atoms with van der Waals surface area (Å²) in [7, 11) is 0. The highest BCUT2D eigenvalue weighted by Crippen LogP contribution is 2.05. The van der Waals surface area contributed by atoms with Crippen molar-refractivity contribution < 1.29 is 4.79 Å². The summed E-state index contributed by atoms with van der Waals surface area (Å²) in [5.41, 5.74) is 6.50. The first-order valence-electron chi connectivity index (χ1n) is 5.72. The molecule has 90 valence electrons. The Hall–Kier alpha value is -1.29. The van der Waals surface area contributed by atoms with E-state index in [0.29, 0.717) is 6.54 Å². The van der Waals surface area contributed by atoms with Gasteiger partial charge in [-0.1, -0.05) is 13.8 Å². The number of hydrogen-bond acceptors (Lipinski definition) is 2. The lowest BCUT2D eigenvalue weighted by Crippen LogP contribution is -2.44. The van der Waals surface area contributed by atoms with Crippen molar-refractivity contribution in [3.8, 4) is 0 Å². The second-order valence-corrected chi connectivity index (χ2v) is 4.36. The van der Waals surface area contributed by atoms with Crippen LogP contribution >= 0.6 is 0 Å². The molecule has 0 aliphatic heterocycles. The second-order valence-electron chi connectivity index (χ2n) is 4.36. The van der Waals surface area contributed by atoms with Crippen molar-refractivity contribution in [2.24, 2.45) is 11.7 Å². The lowest BCUT2D eigenvalue weighted by Gasteiger charge is -2.18. The first kappa shape index (κ1) is 12.8. The molecule has 1 rings (SSSR count). The molecule has 0 saturated carbocycles. The third-order valence-electron chi connectivity index (χ3n) is 2.68. The molecule has 0 spiro atoms. The fourth-order valence-electron chi connectivity index (χ4n) is 1.68. The van der Waals surface area contributed by atoms with Gasteiger partial charge >= 0.3 is 0 Å². The van der Waals surface area contributed by atoms with Crippen LogP contribution in [0.2, 0.25) is 0 Å². The molecule has 0 fully saturated rings. The van der Waals surface area contributed by atoms with Gasteiger partial charge in [-0.25, -0.2) is 0 Å². The number of aromatic nitrogens is 1. The van der Waals surface area contributed by atoms with E-state index < -0.39 is 0 Å². The van der Waals surface area contributed by atoms with Gasteiger partial charge in [-0.3, -0.25) is 4.79 Å². The smallest absolute Gasteiger partial charge is 0.234 e. The second kappa shape index (κ2) is 5.70. The van der Waals surface area contributed by atoms with Gasteiger partial charge in [0.15, 0.2) is 0 Å². The maximum absolute atomic E-state index is 11.2. The molecule has 1 amide bonds. The topological polar surface area (TPSA) is 60.1 Å². The van der Waals surface area contributed by atoms with E-state index in [1.165, 1.54) is 5.56 Å². The molecule has 0 aliphatic carbocycles. The molecule has 16 heavy (non-hydrogen) atoms. The Bertz CT molecular complexity index is 344. The standard InChI is InChI=1S/C12H21N3O/c1-4-15-6-5-10(8-15)7-14-11(9(2)3)12(13)16/h5-6,8-9,11,14H,4,7H2,1-3H3,(H2,13,16). The largest absolute Gasteiger partial charge is 0.368 e. The first-order valence-corrected chi connectivity index (χ1v) is 5.72. The van der Waals surface area contributed by atoms with Crippen LogP contribution in [0.25, 0.3) is 0 Å². The molecule has 3 N–H and O–H groups in total. The Labute approximate surface area is 96.8 Å². The zero-order chi connectivity index (χ0) is 12.1. The number of nitrogens with one attached hydrogen (secondary N) is 1. The van der Waals surface area contributed by atoms with Crippen LogP contribution in [-0.2, 0) is 17.9 Å². The quantitative estimate of drug-likeness (QED) is 0.759. The Morgan fingerprint density at radius 1 is 1.56 bits per heavy atom. The van der Waals surface area contributed by atoms with Gasteiger partial charge in [-0.05, 0) is 24.5 Å². The Balaban J connectivity index is 2.52. The van der Waals surface area contributed by atoms with Gasteiger partial charge in [-0.2, -0.15) is 0 Å². The summed E-state index contributed by atoms with van der Waals surface area (Å²) >= 11 is 0. The number of aryl methyl sites for hydroxylation is 1. The zero-order valence-corrected chi connectivity index (χ0v) is 10.2. The molecule has 0 aromatic carbocycles. The van der Waals surface area contributed by atoms with Crippen molar-refractivity contribution in [3.63, 3.8) is 0 Å². The lowest BCUT2D eigenvalue weighted by molar-refractivity contribution is -0.121. The van der Waals surface area contributed by atoms with E-state index in [1.54, 1.807) is 0 Å². The molecule has 0 bridgehead atoms. The number of hydrogen-bond donors (Lipinski definition) is 2. The van der Waals surface area contributed by atoms with Crippen LogP contribution in [0.15, 0.2) is 18.5 Å². The van der Waals surface area contributed by atoms with Gasteiger partial charge in [0.25, 0.3) is 0 Å². The van der Waals surface area contributed by atoms with E-state index in [1.807, 2.05) is 20.0 Å². The average molecular weight is 223 g/mol. The molecule has 1 aromatic rings. The van der Waals surface area contributed by atoms with E-state index in [2.05, 4.69) is 29.1 Å². The molecule has 1 unspecified atom stereocenters. The monoisotopic (exact) mass is 223 g/mol. The Morgan fingerprint density at radius 2 is 2.25 bits per heavy atom. The van der Waals surface area contributed by atoms with E-state index in [4.69, 9.17) is 5.73 Å². The van der Waals surface area contributed by atoms with Crippen LogP contribution in [0.4, 0.5) is 0 Å². The molecular formula is C12H21N3O. The Morgan fingerprint density at radius 3 is 2.69 bits per heavy atom. The molecule has 0 saturated heterocycles. The van der Waals surface area contributed by atoms with E-state index in [-0.39, 0.29) is 17.9 Å². The number of amides is 1. The van der Waals surface area contributed by atoms with Crippen LogP contribution in [0, 0.1) is 5.92 Å². The molecule has 4 heteroatoms. The number of carbonyl (C=O) groups excluding carboxylic acids is 1. The summed E-state index contributed by atoms with van der Waals surface area (Å²) in [5, 5.41) is 3.18. The summed E-state index contributed by atoms with van der Waals surface area (Å²) in [6, 6.07) is 1.79. The fraction of sp³-hybridized carbons (Fsp3) is 0.583. The first-order chi connectivity index (χ1) is 7.54.